The number of guanidine groups is 1. The van der Waals surface area contributed by atoms with Crippen molar-refractivity contribution in [1.29, 1.82) is 0 Å². The molecule has 0 aromatic rings. The predicted molar refractivity (Wildman–Crippen MR) is 70.3 cm³/mol. The summed E-state index contributed by atoms with van der Waals surface area (Å²) in [5, 5.41) is 3.45. The Labute approximate surface area is 104 Å². The third kappa shape index (κ3) is 3.60. The number of aliphatic imine (C=N–C) groups is 1. The molecule has 17 heavy (non-hydrogen) atoms. The van der Waals surface area contributed by atoms with E-state index >= 15 is 0 Å². The Hall–Kier alpha value is -0.770. The Kier molecular flexibility index (Phi) is 4.66. The van der Waals surface area contributed by atoms with E-state index in [9.17, 15) is 0 Å². The SMILES string of the molecule is COC1CCC(CCNC2=NCCN2C)CC1. The predicted octanol–water partition coefficient (Wildman–Crippen LogP) is 1.47. The lowest BCUT2D eigenvalue weighted by atomic mass is 9.85. The Balaban J connectivity index is 1.60. The Bertz CT molecular complexity index is 259. The van der Waals surface area contributed by atoms with E-state index in [1.54, 1.807) is 0 Å². The van der Waals surface area contributed by atoms with Crippen molar-refractivity contribution in [2.24, 2.45) is 10.9 Å². The Morgan fingerprint density at radius 2 is 2.12 bits per heavy atom. The van der Waals surface area contributed by atoms with Gasteiger partial charge in [0, 0.05) is 27.2 Å². The number of likely N-dealkylation sites (N-methyl/N-ethyl adjacent to an activating group) is 1. The van der Waals surface area contributed by atoms with Crippen LogP contribution in [-0.4, -0.2) is 50.8 Å². The van der Waals surface area contributed by atoms with E-state index in [4.69, 9.17) is 4.74 Å². The number of nitrogens with one attached hydrogen (secondary N) is 1. The maximum atomic E-state index is 5.40. The van der Waals surface area contributed by atoms with Crippen molar-refractivity contribution in [3.8, 4) is 0 Å². The average Bonchev–Trinajstić information content (AvgIpc) is 2.76. The summed E-state index contributed by atoms with van der Waals surface area (Å²) in [6.07, 6.45) is 6.91. The highest BCUT2D eigenvalue weighted by atomic mass is 16.5. The zero-order valence-electron chi connectivity index (χ0n) is 11.1. The number of rotatable bonds is 4. The van der Waals surface area contributed by atoms with Gasteiger partial charge >= 0.3 is 0 Å². The fraction of sp³-hybridized carbons (Fsp3) is 0.923. The van der Waals surface area contributed by atoms with E-state index in [2.05, 4.69) is 22.3 Å². The average molecular weight is 239 g/mol. The molecule has 1 saturated carbocycles. The van der Waals surface area contributed by atoms with Gasteiger partial charge in [-0.2, -0.15) is 0 Å². The van der Waals surface area contributed by atoms with Crippen LogP contribution in [0.4, 0.5) is 0 Å². The Morgan fingerprint density at radius 3 is 2.71 bits per heavy atom. The summed E-state index contributed by atoms with van der Waals surface area (Å²) in [4.78, 5) is 6.63. The van der Waals surface area contributed by atoms with Gasteiger partial charge in [-0.25, -0.2) is 0 Å². The second kappa shape index (κ2) is 6.24. The molecule has 0 spiro atoms. The van der Waals surface area contributed by atoms with E-state index in [-0.39, 0.29) is 0 Å². The molecule has 4 heteroatoms. The first-order valence-corrected chi connectivity index (χ1v) is 6.82. The molecule has 2 rings (SSSR count). The lowest BCUT2D eigenvalue weighted by molar-refractivity contribution is 0.0557. The quantitative estimate of drug-likeness (QED) is 0.807. The summed E-state index contributed by atoms with van der Waals surface area (Å²) in [7, 11) is 3.93. The summed E-state index contributed by atoms with van der Waals surface area (Å²) in [6.45, 7) is 3.06. The van der Waals surface area contributed by atoms with Crippen molar-refractivity contribution in [3.05, 3.63) is 0 Å². The third-order valence-corrected chi connectivity index (χ3v) is 4.02. The number of methoxy groups -OCH3 is 1. The van der Waals surface area contributed by atoms with Gasteiger partial charge < -0.3 is 15.0 Å². The summed E-state index contributed by atoms with van der Waals surface area (Å²) >= 11 is 0. The van der Waals surface area contributed by atoms with Gasteiger partial charge in [0.25, 0.3) is 0 Å². The molecule has 2 aliphatic rings. The Morgan fingerprint density at radius 1 is 1.35 bits per heavy atom. The van der Waals surface area contributed by atoms with Crippen LogP contribution in [-0.2, 0) is 4.74 Å². The van der Waals surface area contributed by atoms with Gasteiger partial charge in [-0.3, -0.25) is 4.99 Å². The first-order chi connectivity index (χ1) is 8.29. The zero-order chi connectivity index (χ0) is 12.1. The minimum Gasteiger partial charge on any atom is -0.381 e. The van der Waals surface area contributed by atoms with Gasteiger partial charge in [0.2, 0.25) is 0 Å². The highest BCUT2D eigenvalue weighted by molar-refractivity contribution is 5.81. The summed E-state index contributed by atoms with van der Waals surface area (Å²) in [5.41, 5.74) is 0. The number of hydrogen-bond acceptors (Lipinski definition) is 4. The second-order valence-corrected chi connectivity index (χ2v) is 5.22. The maximum absolute atomic E-state index is 5.40. The van der Waals surface area contributed by atoms with Crippen LogP contribution in [0.5, 0.6) is 0 Å². The molecule has 4 nitrogen and oxygen atoms in total. The molecule has 1 N–H and O–H groups in total. The van der Waals surface area contributed by atoms with Crippen LogP contribution in [0.25, 0.3) is 0 Å². The van der Waals surface area contributed by atoms with Crippen molar-refractivity contribution in [2.75, 3.05) is 33.8 Å². The molecule has 1 fully saturated rings. The molecular weight excluding hydrogens is 214 g/mol. The van der Waals surface area contributed by atoms with Crippen LogP contribution in [0.15, 0.2) is 4.99 Å². The third-order valence-electron chi connectivity index (χ3n) is 4.02. The summed E-state index contributed by atoms with van der Waals surface area (Å²) in [6, 6.07) is 0. The molecule has 0 radical (unpaired) electrons. The second-order valence-electron chi connectivity index (χ2n) is 5.22. The molecule has 0 unspecified atom stereocenters. The first kappa shape index (κ1) is 12.7. The van der Waals surface area contributed by atoms with E-state index in [0.717, 1.165) is 31.5 Å². The van der Waals surface area contributed by atoms with Gasteiger partial charge in [-0.05, 0) is 38.0 Å². The van der Waals surface area contributed by atoms with Gasteiger partial charge in [-0.15, -0.1) is 0 Å². The number of ether oxygens (including phenoxy) is 1. The van der Waals surface area contributed by atoms with Crippen LogP contribution < -0.4 is 5.32 Å². The maximum Gasteiger partial charge on any atom is 0.193 e. The molecule has 0 aromatic carbocycles. The molecule has 0 aromatic heterocycles. The van der Waals surface area contributed by atoms with Gasteiger partial charge in [-0.1, -0.05) is 0 Å². The molecule has 98 valence electrons. The van der Waals surface area contributed by atoms with Crippen LogP contribution in [0, 0.1) is 5.92 Å². The molecule has 1 aliphatic carbocycles. The monoisotopic (exact) mass is 239 g/mol. The van der Waals surface area contributed by atoms with Crippen molar-refractivity contribution in [1.82, 2.24) is 10.2 Å². The van der Waals surface area contributed by atoms with Gasteiger partial charge in [0.05, 0.1) is 12.6 Å². The highest BCUT2D eigenvalue weighted by Gasteiger charge is 2.20. The van der Waals surface area contributed by atoms with Crippen LogP contribution in [0.1, 0.15) is 32.1 Å². The van der Waals surface area contributed by atoms with E-state index in [1.807, 2.05) is 7.11 Å². The molecule has 0 bridgehead atoms. The number of hydrogen-bond donors (Lipinski definition) is 1. The smallest absolute Gasteiger partial charge is 0.193 e. The van der Waals surface area contributed by atoms with Crippen LogP contribution in [0.3, 0.4) is 0 Å². The first-order valence-electron chi connectivity index (χ1n) is 6.82. The van der Waals surface area contributed by atoms with Gasteiger partial charge in [0.1, 0.15) is 0 Å². The van der Waals surface area contributed by atoms with Crippen molar-refractivity contribution < 1.29 is 4.74 Å². The van der Waals surface area contributed by atoms with Crippen molar-refractivity contribution in [3.63, 3.8) is 0 Å². The molecular formula is C13H25N3O. The lowest BCUT2D eigenvalue weighted by Crippen LogP contribution is -2.36. The topological polar surface area (TPSA) is 36.9 Å². The fourth-order valence-electron chi connectivity index (χ4n) is 2.77. The normalized spacial score (nSPS) is 29.3. The van der Waals surface area contributed by atoms with E-state index < -0.39 is 0 Å². The lowest BCUT2D eigenvalue weighted by Gasteiger charge is -2.27. The molecule has 1 heterocycles. The van der Waals surface area contributed by atoms with Gasteiger partial charge in [0.15, 0.2) is 5.96 Å². The number of nitrogens with zero attached hydrogens (tertiary/aromatic N) is 2. The minimum atomic E-state index is 0.518. The largest absolute Gasteiger partial charge is 0.381 e. The molecule has 0 atom stereocenters. The van der Waals surface area contributed by atoms with Crippen molar-refractivity contribution >= 4 is 5.96 Å². The molecule has 0 saturated heterocycles. The molecule has 0 amide bonds. The molecule has 1 aliphatic heterocycles. The van der Waals surface area contributed by atoms with Crippen LogP contribution in [0.2, 0.25) is 0 Å². The van der Waals surface area contributed by atoms with E-state index in [1.165, 1.54) is 32.1 Å². The summed E-state index contributed by atoms with van der Waals surface area (Å²) < 4.78 is 5.40. The summed E-state index contributed by atoms with van der Waals surface area (Å²) in [5.74, 6) is 1.96. The zero-order valence-corrected chi connectivity index (χ0v) is 11.1. The highest BCUT2D eigenvalue weighted by Crippen LogP contribution is 2.27. The standard InChI is InChI=1S/C13H25N3O/c1-16-10-9-15-13(16)14-8-7-11-3-5-12(17-2)6-4-11/h11-12H,3-10H2,1-2H3,(H,14,15). The van der Waals surface area contributed by atoms with Crippen LogP contribution >= 0.6 is 0 Å². The minimum absolute atomic E-state index is 0.518. The fourth-order valence-corrected chi connectivity index (χ4v) is 2.77. The van der Waals surface area contributed by atoms with Crippen molar-refractivity contribution in [2.45, 2.75) is 38.2 Å². The van der Waals surface area contributed by atoms with E-state index in [0.29, 0.717) is 6.10 Å².